The van der Waals surface area contributed by atoms with E-state index in [-0.39, 0.29) is 10.9 Å². The summed E-state index contributed by atoms with van der Waals surface area (Å²) in [5.41, 5.74) is 4.88. The van der Waals surface area contributed by atoms with E-state index < -0.39 is 5.41 Å². The predicted molar refractivity (Wildman–Crippen MR) is 71.2 cm³/mol. The zero-order valence-corrected chi connectivity index (χ0v) is 11.3. The lowest BCUT2D eigenvalue weighted by molar-refractivity contribution is -0.126. The van der Waals surface area contributed by atoms with E-state index in [9.17, 15) is 4.79 Å². The molecule has 0 bridgehead atoms. The highest BCUT2D eigenvalue weighted by atomic mass is 32.2. The summed E-state index contributed by atoms with van der Waals surface area (Å²) in [6.07, 6.45) is 3.66. The Labute approximate surface area is 102 Å². The molecule has 0 aromatic carbocycles. The summed E-state index contributed by atoms with van der Waals surface area (Å²) in [7, 11) is 0. The van der Waals surface area contributed by atoms with Crippen molar-refractivity contribution in [2.45, 2.75) is 26.7 Å². The van der Waals surface area contributed by atoms with E-state index in [1.165, 1.54) is 0 Å². The lowest BCUT2D eigenvalue weighted by Crippen LogP contribution is -2.46. The van der Waals surface area contributed by atoms with Crippen LogP contribution in [-0.2, 0) is 4.79 Å². The molecule has 0 aromatic heterocycles. The number of nitrogens with one attached hydrogen (secondary N) is 1. The van der Waals surface area contributed by atoms with E-state index >= 15 is 0 Å². The minimum Gasteiger partial charge on any atom is -0.392 e. The number of carbonyl (C=O) groups is 1. The maximum atomic E-state index is 11.8. The van der Waals surface area contributed by atoms with Crippen molar-refractivity contribution in [3.63, 3.8) is 0 Å². The van der Waals surface area contributed by atoms with Crippen molar-refractivity contribution < 1.29 is 4.79 Å². The molecule has 0 radical (unpaired) electrons. The van der Waals surface area contributed by atoms with Crippen LogP contribution in [0.15, 0.2) is 0 Å². The van der Waals surface area contributed by atoms with Crippen LogP contribution in [0.25, 0.3) is 0 Å². The normalized spacial score (nSPS) is 14.3. The fourth-order valence-electron chi connectivity index (χ4n) is 1.06. The number of rotatable bonds is 7. The molecule has 15 heavy (non-hydrogen) atoms. The summed E-state index contributed by atoms with van der Waals surface area (Å²) in [4.78, 5) is 12.1. The second kappa shape index (κ2) is 7.06. The average molecular weight is 248 g/mol. The topological polar surface area (TPSA) is 55.1 Å². The molecule has 3 nitrogen and oxygen atoms in total. The molecular formula is C10H20N2OS2. The monoisotopic (exact) mass is 248 g/mol. The first-order chi connectivity index (χ1) is 6.99. The largest absolute Gasteiger partial charge is 0.392 e. The summed E-state index contributed by atoms with van der Waals surface area (Å²) < 4.78 is 0. The van der Waals surface area contributed by atoms with Gasteiger partial charge >= 0.3 is 0 Å². The van der Waals surface area contributed by atoms with Gasteiger partial charge in [0.1, 0.15) is 0 Å². The molecular weight excluding hydrogens is 228 g/mol. The highest BCUT2D eigenvalue weighted by Gasteiger charge is 2.33. The Bertz CT molecular complexity index is 233. The van der Waals surface area contributed by atoms with Gasteiger partial charge in [-0.3, -0.25) is 4.79 Å². The molecule has 1 atom stereocenters. The van der Waals surface area contributed by atoms with Crippen LogP contribution in [0.1, 0.15) is 26.7 Å². The predicted octanol–water partition coefficient (Wildman–Crippen LogP) is 1.56. The van der Waals surface area contributed by atoms with Gasteiger partial charge in [0.15, 0.2) is 0 Å². The molecule has 1 amide bonds. The van der Waals surface area contributed by atoms with Gasteiger partial charge in [-0.25, -0.2) is 0 Å². The van der Waals surface area contributed by atoms with Crippen LogP contribution >= 0.6 is 24.0 Å². The Balaban J connectivity index is 4.11. The second-order valence-corrected chi connectivity index (χ2v) is 5.08. The number of hydrogen-bond donors (Lipinski definition) is 2. The maximum Gasteiger partial charge on any atom is 0.232 e. The number of carbonyl (C=O) groups excluding carboxylic acids is 1. The second-order valence-electron chi connectivity index (χ2n) is 3.65. The van der Waals surface area contributed by atoms with Crippen molar-refractivity contribution in [2.24, 2.45) is 11.1 Å². The number of amides is 1. The first-order valence-corrected chi connectivity index (χ1v) is 6.86. The van der Waals surface area contributed by atoms with E-state index in [1.54, 1.807) is 18.7 Å². The lowest BCUT2D eigenvalue weighted by atomic mass is 9.86. The third-order valence-electron chi connectivity index (χ3n) is 2.56. The Morgan fingerprint density at radius 1 is 1.60 bits per heavy atom. The molecule has 3 N–H and O–H groups in total. The number of thioether (sulfide) groups is 1. The molecule has 5 heteroatoms. The van der Waals surface area contributed by atoms with Gasteiger partial charge in [0.05, 0.1) is 10.4 Å². The van der Waals surface area contributed by atoms with Gasteiger partial charge in [-0.05, 0) is 31.8 Å². The first-order valence-electron chi connectivity index (χ1n) is 5.06. The van der Waals surface area contributed by atoms with Crippen molar-refractivity contribution in [1.82, 2.24) is 5.32 Å². The minimum absolute atomic E-state index is 0.0568. The Morgan fingerprint density at radius 2 is 2.20 bits per heavy atom. The molecule has 0 aliphatic carbocycles. The van der Waals surface area contributed by atoms with Crippen LogP contribution in [-0.4, -0.2) is 29.4 Å². The van der Waals surface area contributed by atoms with Crippen LogP contribution in [0.2, 0.25) is 0 Å². The van der Waals surface area contributed by atoms with Gasteiger partial charge in [-0.15, -0.1) is 0 Å². The van der Waals surface area contributed by atoms with E-state index in [0.717, 1.165) is 12.2 Å². The molecule has 1 unspecified atom stereocenters. The van der Waals surface area contributed by atoms with Crippen LogP contribution < -0.4 is 11.1 Å². The molecule has 0 aliphatic heterocycles. The summed E-state index contributed by atoms with van der Waals surface area (Å²) in [5, 5.41) is 2.87. The number of thiocarbonyl (C=S) groups is 1. The van der Waals surface area contributed by atoms with Crippen LogP contribution in [0.4, 0.5) is 0 Å². The molecule has 0 rings (SSSR count). The molecule has 0 heterocycles. The van der Waals surface area contributed by atoms with E-state index in [2.05, 4.69) is 5.32 Å². The standard InChI is InChI=1S/C10H20N2OS2/c1-4-10(2,8(11)14)9(13)12-6-5-7-15-3/h4-7H2,1-3H3,(H2,11,14)(H,12,13). The summed E-state index contributed by atoms with van der Waals surface area (Å²) in [5.74, 6) is 0.995. The number of nitrogens with two attached hydrogens (primary N) is 1. The van der Waals surface area contributed by atoms with Gasteiger partial charge in [-0.2, -0.15) is 11.8 Å². The van der Waals surface area contributed by atoms with E-state index in [1.807, 2.05) is 13.2 Å². The molecule has 0 aliphatic rings. The molecule has 0 saturated heterocycles. The maximum absolute atomic E-state index is 11.8. The molecule has 88 valence electrons. The van der Waals surface area contributed by atoms with Crippen LogP contribution in [0, 0.1) is 5.41 Å². The van der Waals surface area contributed by atoms with E-state index in [0.29, 0.717) is 13.0 Å². The first kappa shape index (κ1) is 14.7. The van der Waals surface area contributed by atoms with Crippen molar-refractivity contribution in [3.8, 4) is 0 Å². The highest BCUT2D eigenvalue weighted by Crippen LogP contribution is 2.21. The Kier molecular flexibility index (Phi) is 6.92. The molecule has 0 aromatic rings. The van der Waals surface area contributed by atoms with Crippen molar-refractivity contribution in [1.29, 1.82) is 0 Å². The number of hydrogen-bond acceptors (Lipinski definition) is 3. The van der Waals surface area contributed by atoms with Crippen molar-refractivity contribution >= 4 is 34.9 Å². The molecule has 0 fully saturated rings. The van der Waals surface area contributed by atoms with Gasteiger partial charge in [-0.1, -0.05) is 19.1 Å². The third-order valence-corrected chi connectivity index (χ3v) is 3.71. The SMILES string of the molecule is CCC(C)(C(=O)NCCCSC)C(N)=S. The molecule has 0 saturated carbocycles. The third kappa shape index (κ3) is 4.38. The lowest BCUT2D eigenvalue weighted by Gasteiger charge is -2.25. The van der Waals surface area contributed by atoms with Gasteiger partial charge < -0.3 is 11.1 Å². The average Bonchev–Trinajstić information content (AvgIpc) is 2.22. The van der Waals surface area contributed by atoms with Gasteiger partial charge in [0.2, 0.25) is 5.91 Å². The quantitative estimate of drug-likeness (QED) is 0.530. The summed E-state index contributed by atoms with van der Waals surface area (Å²) >= 11 is 6.69. The van der Waals surface area contributed by atoms with Gasteiger partial charge in [0, 0.05) is 6.54 Å². The zero-order chi connectivity index (χ0) is 11.9. The van der Waals surface area contributed by atoms with Crippen LogP contribution in [0.3, 0.4) is 0 Å². The highest BCUT2D eigenvalue weighted by molar-refractivity contribution is 7.98. The zero-order valence-electron chi connectivity index (χ0n) is 9.63. The Morgan fingerprint density at radius 3 is 2.60 bits per heavy atom. The van der Waals surface area contributed by atoms with Gasteiger partial charge in [0.25, 0.3) is 0 Å². The summed E-state index contributed by atoms with van der Waals surface area (Å²) in [6.45, 7) is 4.40. The molecule has 0 spiro atoms. The fourth-order valence-corrected chi connectivity index (χ4v) is 1.73. The smallest absolute Gasteiger partial charge is 0.232 e. The van der Waals surface area contributed by atoms with E-state index in [4.69, 9.17) is 18.0 Å². The minimum atomic E-state index is -0.700. The Hall–Kier alpha value is -0.290. The fraction of sp³-hybridized carbons (Fsp3) is 0.800. The van der Waals surface area contributed by atoms with Crippen LogP contribution in [0.5, 0.6) is 0 Å². The van der Waals surface area contributed by atoms with Crippen molar-refractivity contribution in [2.75, 3.05) is 18.6 Å². The van der Waals surface area contributed by atoms with Crippen molar-refractivity contribution in [3.05, 3.63) is 0 Å². The summed E-state index contributed by atoms with van der Waals surface area (Å²) in [6, 6.07) is 0.